The van der Waals surface area contributed by atoms with Gasteiger partial charge in [0, 0.05) is 23.3 Å². The van der Waals surface area contributed by atoms with E-state index in [1.165, 1.54) is 17.7 Å². The molecule has 1 aliphatic rings. The first-order valence-electron chi connectivity index (χ1n) is 10.6. The van der Waals surface area contributed by atoms with Crippen LogP contribution >= 0.6 is 22.4 Å². The molecule has 1 fully saturated rings. The number of nitrogens with one attached hydrogen (secondary N) is 1. The monoisotopic (exact) mass is 492 g/mol. The summed E-state index contributed by atoms with van der Waals surface area (Å²) in [6, 6.07) is 2.01. The first-order valence-corrected chi connectivity index (χ1v) is 12.9. The van der Waals surface area contributed by atoms with Gasteiger partial charge in [-0.2, -0.15) is 5.10 Å². The van der Waals surface area contributed by atoms with Crippen LogP contribution in [0.2, 0.25) is 0 Å². The first-order chi connectivity index (χ1) is 15.7. The molecule has 12 heteroatoms. The van der Waals surface area contributed by atoms with Crippen LogP contribution in [0, 0.1) is 19.8 Å². The molecule has 0 bridgehead atoms. The number of rotatable bonds is 9. The van der Waals surface area contributed by atoms with Gasteiger partial charge in [0.15, 0.2) is 11.1 Å². The molecule has 178 valence electrons. The number of anilines is 1. The van der Waals surface area contributed by atoms with Crippen LogP contribution in [0.25, 0.3) is 0 Å². The third-order valence-corrected chi connectivity index (χ3v) is 7.23. The van der Waals surface area contributed by atoms with Crippen LogP contribution in [0.4, 0.5) is 5.82 Å². The topological polar surface area (TPSA) is 148 Å². The number of ketones is 1. The summed E-state index contributed by atoms with van der Waals surface area (Å²) >= 11 is -1.99. The van der Waals surface area contributed by atoms with Gasteiger partial charge < -0.3 is 5.32 Å². The van der Waals surface area contributed by atoms with Crippen LogP contribution in [-0.4, -0.2) is 47.3 Å². The van der Waals surface area contributed by atoms with Gasteiger partial charge in [-0.25, -0.2) is 15.1 Å². The van der Waals surface area contributed by atoms with Crippen molar-refractivity contribution in [2.24, 2.45) is 11.1 Å². The van der Waals surface area contributed by atoms with E-state index in [4.69, 9.17) is 9.32 Å². The Morgan fingerprint density at radius 3 is 2.91 bits per heavy atom. The second-order valence-electron chi connectivity index (χ2n) is 8.36. The Morgan fingerprint density at radius 1 is 1.36 bits per heavy atom. The number of aryl methyl sites for hydroxylation is 2. The molecular formula is C21H28N6O4S2. The van der Waals surface area contributed by atoms with Gasteiger partial charge in [-0.3, -0.25) is 22.8 Å². The van der Waals surface area contributed by atoms with Gasteiger partial charge in [-0.15, -0.1) is 11.3 Å². The molecule has 2 unspecified atom stereocenters. The predicted molar refractivity (Wildman–Crippen MR) is 128 cm³/mol. The van der Waals surface area contributed by atoms with Crippen LogP contribution in [-0.2, 0) is 10.7 Å². The van der Waals surface area contributed by atoms with E-state index in [0.717, 1.165) is 35.3 Å². The zero-order valence-corrected chi connectivity index (χ0v) is 20.1. The normalized spacial score (nSPS) is 19.1. The lowest BCUT2D eigenvalue weighted by Gasteiger charge is -2.22. The molecule has 3 aromatic rings. The fourth-order valence-corrected chi connectivity index (χ4v) is 5.39. The number of carbonyl (C=O) groups excluding carboxylic acids is 1. The standard InChI is InChI=1S/C21H28N6O4S2/c1-13-7-25-27(9-13)10-16-6-19(32-14(16)2)20(28)18-8-23-12-24-21(18)26-17-4-3-15(5-17)11-31-33(22,29)30/h6-9,12,15,17,29-30H,3-5,10-11,22H2,1-2H3,(H,23,24,26). The van der Waals surface area contributed by atoms with Crippen LogP contribution < -0.4 is 10.5 Å². The number of carbonyl (C=O) groups is 1. The van der Waals surface area contributed by atoms with Crippen molar-refractivity contribution in [2.45, 2.75) is 45.7 Å². The fourth-order valence-electron chi connectivity index (χ4n) is 4.01. The summed E-state index contributed by atoms with van der Waals surface area (Å²) in [5.74, 6) is 0.524. The molecule has 4 rings (SSSR count). The van der Waals surface area contributed by atoms with Crippen molar-refractivity contribution >= 4 is 34.0 Å². The quantitative estimate of drug-likeness (QED) is 0.327. The smallest absolute Gasteiger partial charge is 0.208 e. The minimum absolute atomic E-state index is 0.0864. The van der Waals surface area contributed by atoms with Crippen LogP contribution in [0.5, 0.6) is 0 Å². The number of hydrogen-bond donors (Lipinski definition) is 4. The number of nitrogens with zero attached hydrogens (tertiary/aromatic N) is 4. The molecule has 0 aliphatic heterocycles. The SMILES string of the molecule is Cc1cnn(Cc2cc(C(=O)c3cncnc3NC3CCC(COS(N)(O)O)C3)sc2C)c1. The van der Waals surface area contributed by atoms with E-state index in [-0.39, 0.29) is 24.3 Å². The van der Waals surface area contributed by atoms with E-state index in [1.807, 2.05) is 37.0 Å². The number of hydrogen-bond acceptors (Lipinski definition) is 10. The summed E-state index contributed by atoms with van der Waals surface area (Å²) in [4.78, 5) is 23.4. The van der Waals surface area contributed by atoms with Crippen LogP contribution in [0.1, 0.15) is 50.5 Å². The van der Waals surface area contributed by atoms with E-state index >= 15 is 0 Å². The minimum atomic E-state index is -3.45. The lowest BCUT2D eigenvalue weighted by molar-refractivity contribution is 0.104. The van der Waals surface area contributed by atoms with E-state index in [2.05, 4.69) is 20.4 Å². The van der Waals surface area contributed by atoms with Crippen molar-refractivity contribution in [2.75, 3.05) is 11.9 Å². The van der Waals surface area contributed by atoms with Crippen molar-refractivity contribution in [1.29, 1.82) is 0 Å². The Kier molecular flexibility index (Phi) is 7.12. The highest BCUT2D eigenvalue weighted by Crippen LogP contribution is 2.35. The molecule has 0 spiro atoms. The maximum absolute atomic E-state index is 13.3. The van der Waals surface area contributed by atoms with Crippen molar-refractivity contribution in [3.63, 3.8) is 0 Å². The van der Waals surface area contributed by atoms with E-state index < -0.39 is 11.1 Å². The summed E-state index contributed by atoms with van der Waals surface area (Å²) < 4.78 is 25.2. The molecule has 0 aromatic carbocycles. The van der Waals surface area contributed by atoms with E-state index in [1.54, 1.807) is 6.20 Å². The first kappa shape index (κ1) is 23.8. The summed E-state index contributed by atoms with van der Waals surface area (Å²) in [5.41, 5.74) is 2.58. The highest BCUT2D eigenvalue weighted by atomic mass is 32.3. The van der Waals surface area contributed by atoms with E-state index in [9.17, 15) is 13.9 Å². The van der Waals surface area contributed by atoms with Crippen molar-refractivity contribution in [3.8, 4) is 0 Å². The molecule has 33 heavy (non-hydrogen) atoms. The zero-order chi connectivity index (χ0) is 23.6. The molecular weight excluding hydrogens is 464 g/mol. The van der Waals surface area contributed by atoms with E-state index in [0.29, 0.717) is 22.8 Å². The number of aromatic nitrogens is 4. The predicted octanol–water partition coefficient (Wildman–Crippen LogP) is 3.77. The second kappa shape index (κ2) is 9.87. The average molecular weight is 493 g/mol. The average Bonchev–Trinajstić information content (AvgIpc) is 3.47. The maximum Gasteiger partial charge on any atom is 0.208 e. The summed E-state index contributed by atoms with van der Waals surface area (Å²) in [6.45, 7) is 4.79. The van der Waals surface area contributed by atoms with Gasteiger partial charge in [-0.05, 0) is 56.2 Å². The Morgan fingerprint density at radius 2 is 2.18 bits per heavy atom. The third-order valence-electron chi connectivity index (χ3n) is 5.66. The Bertz CT molecular complexity index is 1130. The summed E-state index contributed by atoms with van der Waals surface area (Å²) in [7, 11) is 0. The summed E-state index contributed by atoms with van der Waals surface area (Å²) in [5, 5.41) is 12.8. The third kappa shape index (κ3) is 6.16. The fraction of sp³-hybridized carbons (Fsp3) is 0.429. The van der Waals surface area contributed by atoms with Gasteiger partial charge >= 0.3 is 0 Å². The lowest BCUT2D eigenvalue weighted by atomic mass is 10.1. The Balaban J connectivity index is 1.44. The van der Waals surface area contributed by atoms with Gasteiger partial charge in [0.1, 0.15) is 12.1 Å². The van der Waals surface area contributed by atoms with Crippen molar-refractivity contribution in [1.82, 2.24) is 19.7 Å². The summed E-state index contributed by atoms with van der Waals surface area (Å²) in [6.07, 6.45) is 9.20. The molecule has 0 amide bonds. The number of thiophene rings is 1. The van der Waals surface area contributed by atoms with Crippen molar-refractivity contribution < 1.29 is 18.1 Å². The highest BCUT2D eigenvalue weighted by molar-refractivity contribution is 8.18. The molecule has 2 atom stereocenters. The van der Waals surface area contributed by atoms with Gasteiger partial charge in [-0.1, -0.05) is 0 Å². The molecule has 5 N–H and O–H groups in total. The van der Waals surface area contributed by atoms with Crippen LogP contribution in [0.3, 0.4) is 0 Å². The maximum atomic E-state index is 13.3. The molecule has 3 heterocycles. The largest absolute Gasteiger partial charge is 0.367 e. The van der Waals surface area contributed by atoms with Gasteiger partial charge in [0.25, 0.3) is 0 Å². The molecule has 1 saturated carbocycles. The lowest BCUT2D eigenvalue weighted by Crippen LogP contribution is -2.21. The van der Waals surface area contributed by atoms with Gasteiger partial charge in [0.2, 0.25) is 5.78 Å². The Hall–Kier alpha value is -2.35. The minimum Gasteiger partial charge on any atom is -0.367 e. The molecule has 10 nitrogen and oxygen atoms in total. The molecule has 0 saturated heterocycles. The van der Waals surface area contributed by atoms with Crippen molar-refractivity contribution in [3.05, 3.63) is 57.4 Å². The highest BCUT2D eigenvalue weighted by Gasteiger charge is 2.28. The zero-order valence-electron chi connectivity index (χ0n) is 18.5. The molecule has 0 radical (unpaired) electrons. The Labute approximate surface area is 197 Å². The molecule has 3 aromatic heterocycles. The van der Waals surface area contributed by atoms with Crippen LogP contribution in [0.15, 0.2) is 31.0 Å². The second-order valence-corrected chi connectivity index (χ2v) is 10.9. The number of nitrogens with two attached hydrogens (primary N) is 1. The molecule has 1 aliphatic carbocycles. The van der Waals surface area contributed by atoms with Gasteiger partial charge in [0.05, 0.1) is 29.8 Å².